The van der Waals surface area contributed by atoms with E-state index < -0.39 is 0 Å². The Morgan fingerprint density at radius 3 is 2.55 bits per heavy atom. The van der Waals surface area contributed by atoms with Crippen molar-refractivity contribution in [3.63, 3.8) is 0 Å². The van der Waals surface area contributed by atoms with Crippen LogP contribution in [-0.2, 0) is 0 Å². The molecule has 1 saturated heterocycles. The minimum atomic E-state index is 0. The zero-order chi connectivity index (χ0) is 13.5. The number of fused-ring (bicyclic) bond motifs is 3. The first kappa shape index (κ1) is 18.4. The molecule has 0 N–H and O–H groups in total. The van der Waals surface area contributed by atoms with Gasteiger partial charge < -0.3 is 4.90 Å². The molecule has 22 heavy (non-hydrogen) atoms. The van der Waals surface area contributed by atoms with E-state index in [1.165, 1.54) is 48.4 Å². The summed E-state index contributed by atoms with van der Waals surface area (Å²) in [7, 11) is 2.24. The van der Waals surface area contributed by atoms with E-state index in [0.717, 1.165) is 0 Å². The van der Waals surface area contributed by atoms with Gasteiger partial charge >= 0.3 is 0 Å². The van der Waals surface area contributed by atoms with E-state index in [1.807, 2.05) is 11.3 Å². The first-order chi connectivity index (χ1) is 9.83. The summed E-state index contributed by atoms with van der Waals surface area (Å²) in [6.07, 6.45) is 1.31. The second-order valence-corrected chi connectivity index (χ2v) is 8.21. The normalized spacial score (nSPS) is 22.7. The lowest BCUT2D eigenvalue weighted by atomic mass is 10.0. The highest BCUT2D eigenvalue weighted by Gasteiger charge is 2.31. The van der Waals surface area contributed by atoms with E-state index in [0.29, 0.717) is 6.04 Å². The number of hydrogen-bond acceptors (Lipinski definition) is 4. The van der Waals surface area contributed by atoms with Crippen LogP contribution in [0.2, 0.25) is 0 Å². The Hall–Kier alpha value is 0.0300. The van der Waals surface area contributed by atoms with Gasteiger partial charge in [0.05, 0.1) is 4.21 Å². The fourth-order valence-corrected chi connectivity index (χ4v) is 6.05. The number of benzene rings is 1. The zero-order valence-electron chi connectivity index (χ0n) is 12.7. The Kier molecular flexibility index (Phi) is 6.46. The molecule has 0 bridgehead atoms. The molecular formula is C16H22Cl2N2S2. The molecule has 2 aliphatic heterocycles. The summed E-state index contributed by atoms with van der Waals surface area (Å²) in [5.74, 6) is 1.27. The summed E-state index contributed by atoms with van der Waals surface area (Å²) in [5.41, 5.74) is 1.63. The zero-order valence-corrected chi connectivity index (χ0v) is 15.9. The molecule has 1 atom stereocenters. The maximum absolute atomic E-state index is 2.72. The van der Waals surface area contributed by atoms with Gasteiger partial charge in [-0.25, -0.2) is 0 Å². The first-order valence-corrected chi connectivity index (χ1v) is 9.20. The van der Waals surface area contributed by atoms with Gasteiger partial charge in [0, 0.05) is 48.2 Å². The topological polar surface area (TPSA) is 6.48 Å². The summed E-state index contributed by atoms with van der Waals surface area (Å²) < 4.78 is 3.03. The van der Waals surface area contributed by atoms with E-state index in [4.69, 9.17) is 0 Å². The van der Waals surface area contributed by atoms with Gasteiger partial charge in [0.25, 0.3) is 0 Å². The van der Waals surface area contributed by atoms with Gasteiger partial charge in [0.1, 0.15) is 0 Å². The number of likely N-dealkylation sites (N-methyl/N-ethyl adjacent to an activating group) is 1. The first-order valence-electron chi connectivity index (χ1n) is 7.40. The molecule has 0 aliphatic carbocycles. The van der Waals surface area contributed by atoms with Crippen LogP contribution in [-0.4, -0.2) is 48.8 Å². The number of piperazine rings is 1. The molecule has 122 valence electrons. The van der Waals surface area contributed by atoms with Crippen molar-refractivity contribution in [2.24, 2.45) is 0 Å². The van der Waals surface area contributed by atoms with Crippen molar-refractivity contribution in [3.05, 3.63) is 29.8 Å². The quantitative estimate of drug-likeness (QED) is 0.721. The van der Waals surface area contributed by atoms with Crippen LogP contribution in [0.3, 0.4) is 0 Å². The molecule has 1 unspecified atom stereocenters. The molecule has 4 rings (SSSR count). The average Bonchev–Trinajstić information content (AvgIpc) is 2.86. The number of hydrogen-bond donors (Lipinski definition) is 0. The second kappa shape index (κ2) is 7.73. The fraction of sp³-hybridized carbons (Fsp3) is 0.500. The fourth-order valence-electron chi connectivity index (χ4n) is 3.37. The molecule has 1 aromatic heterocycles. The Labute approximate surface area is 153 Å². The SMILES string of the molecule is CN1CCN(C2CCSc3sc4ccccc4c32)CC1.Cl.Cl. The molecule has 1 aromatic carbocycles. The summed E-state index contributed by atoms with van der Waals surface area (Å²) in [4.78, 5) is 5.17. The Bertz CT molecular complexity index is 624. The van der Waals surface area contributed by atoms with Crippen LogP contribution in [0.5, 0.6) is 0 Å². The van der Waals surface area contributed by atoms with Crippen molar-refractivity contribution in [2.75, 3.05) is 39.0 Å². The standard InChI is InChI=1S/C16H20N2S2.2ClH/c1-17-7-9-18(10-8-17)13-6-11-19-16-15(13)12-4-2-3-5-14(12)20-16;;/h2-5,13H,6-11H2,1H3;2*1H. The molecule has 0 amide bonds. The molecule has 0 spiro atoms. The molecule has 1 fully saturated rings. The van der Waals surface area contributed by atoms with Crippen molar-refractivity contribution in [1.29, 1.82) is 0 Å². The van der Waals surface area contributed by atoms with Gasteiger partial charge in [-0.2, -0.15) is 0 Å². The Morgan fingerprint density at radius 2 is 1.77 bits per heavy atom. The van der Waals surface area contributed by atoms with Crippen LogP contribution in [0.1, 0.15) is 18.0 Å². The molecule has 2 nitrogen and oxygen atoms in total. The van der Waals surface area contributed by atoms with Crippen LogP contribution >= 0.6 is 47.9 Å². The van der Waals surface area contributed by atoms with Gasteiger partial charge in [-0.15, -0.1) is 47.9 Å². The second-order valence-electron chi connectivity index (χ2n) is 5.79. The maximum Gasteiger partial charge on any atom is 0.0659 e. The van der Waals surface area contributed by atoms with Crippen LogP contribution in [0.15, 0.2) is 28.5 Å². The third-order valence-electron chi connectivity index (χ3n) is 4.54. The van der Waals surface area contributed by atoms with Crippen LogP contribution in [0.25, 0.3) is 10.1 Å². The minimum Gasteiger partial charge on any atom is -0.304 e. The van der Waals surface area contributed by atoms with E-state index in [2.05, 4.69) is 52.9 Å². The van der Waals surface area contributed by atoms with E-state index in [1.54, 1.807) is 9.77 Å². The van der Waals surface area contributed by atoms with E-state index in [-0.39, 0.29) is 24.8 Å². The van der Waals surface area contributed by atoms with Gasteiger partial charge in [0.2, 0.25) is 0 Å². The predicted octanol–water partition coefficient (Wildman–Crippen LogP) is 4.53. The van der Waals surface area contributed by atoms with Crippen molar-refractivity contribution in [3.8, 4) is 0 Å². The molecule has 0 radical (unpaired) electrons. The lowest BCUT2D eigenvalue weighted by molar-refractivity contribution is 0.108. The smallest absolute Gasteiger partial charge is 0.0659 e. The number of nitrogens with zero attached hydrogens (tertiary/aromatic N) is 2. The lowest BCUT2D eigenvalue weighted by Crippen LogP contribution is -2.46. The monoisotopic (exact) mass is 376 g/mol. The molecule has 2 aliphatic rings. The van der Waals surface area contributed by atoms with Crippen molar-refractivity contribution < 1.29 is 0 Å². The minimum absolute atomic E-state index is 0. The summed E-state index contributed by atoms with van der Waals surface area (Å²) in [6, 6.07) is 9.60. The number of halogens is 2. The Morgan fingerprint density at radius 1 is 1.05 bits per heavy atom. The van der Waals surface area contributed by atoms with Gasteiger partial charge in [-0.05, 0) is 24.9 Å². The molecule has 3 heterocycles. The van der Waals surface area contributed by atoms with Gasteiger partial charge in [-0.3, -0.25) is 4.90 Å². The van der Waals surface area contributed by atoms with Crippen LogP contribution in [0.4, 0.5) is 0 Å². The van der Waals surface area contributed by atoms with Crippen LogP contribution in [0, 0.1) is 0 Å². The summed E-state index contributed by atoms with van der Waals surface area (Å²) in [5, 5.41) is 1.50. The molecule has 6 heteroatoms. The average molecular weight is 377 g/mol. The number of rotatable bonds is 1. The number of thioether (sulfide) groups is 1. The number of thiophene rings is 1. The summed E-state index contributed by atoms with van der Waals surface area (Å²) >= 11 is 4.06. The van der Waals surface area contributed by atoms with Crippen molar-refractivity contribution >= 4 is 58.0 Å². The van der Waals surface area contributed by atoms with Gasteiger partial charge in [0.15, 0.2) is 0 Å². The maximum atomic E-state index is 2.72. The molecule has 2 aromatic rings. The van der Waals surface area contributed by atoms with Crippen molar-refractivity contribution in [1.82, 2.24) is 9.80 Å². The lowest BCUT2D eigenvalue weighted by Gasteiger charge is -2.39. The van der Waals surface area contributed by atoms with Gasteiger partial charge in [-0.1, -0.05) is 18.2 Å². The third-order valence-corrected chi connectivity index (χ3v) is 7.04. The van der Waals surface area contributed by atoms with Crippen molar-refractivity contribution in [2.45, 2.75) is 16.7 Å². The highest BCUT2D eigenvalue weighted by molar-refractivity contribution is 8.01. The highest BCUT2D eigenvalue weighted by Crippen LogP contribution is 2.48. The van der Waals surface area contributed by atoms with Crippen LogP contribution < -0.4 is 0 Å². The van der Waals surface area contributed by atoms with E-state index in [9.17, 15) is 0 Å². The molecular weight excluding hydrogens is 355 g/mol. The largest absolute Gasteiger partial charge is 0.304 e. The summed E-state index contributed by atoms with van der Waals surface area (Å²) in [6.45, 7) is 4.85. The third kappa shape index (κ3) is 3.28. The Balaban J connectivity index is 0.000000882. The van der Waals surface area contributed by atoms with E-state index >= 15 is 0 Å². The highest BCUT2D eigenvalue weighted by atomic mass is 35.5. The predicted molar refractivity (Wildman–Crippen MR) is 103 cm³/mol. The molecule has 0 saturated carbocycles.